The number of rotatable bonds is 2. The molecule has 1 aliphatic rings. The summed E-state index contributed by atoms with van der Waals surface area (Å²) in [5, 5.41) is 0.862. The van der Waals surface area contributed by atoms with E-state index in [2.05, 4.69) is 13.0 Å². The fourth-order valence-electron chi connectivity index (χ4n) is 1.92. The molecule has 0 amide bonds. The molecule has 4 heteroatoms. The van der Waals surface area contributed by atoms with Crippen molar-refractivity contribution >= 4 is 16.3 Å². The first-order valence-electron chi connectivity index (χ1n) is 5.56. The molecule has 17 heavy (non-hydrogen) atoms. The van der Waals surface area contributed by atoms with E-state index in [1.165, 1.54) is 4.88 Å². The van der Waals surface area contributed by atoms with E-state index in [-0.39, 0.29) is 0 Å². The minimum atomic E-state index is 0.304. The van der Waals surface area contributed by atoms with E-state index in [9.17, 15) is 0 Å². The standard InChI is InChI=1S/C13H13NO2S/c1-2-9-6-10(13(14)17-9)8-3-4-11-12(5-8)16-7-15-11/h3-6H,2,7,14H2,1H3. The van der Waals surface area contributed by atoms with Gasteiger partial charge in [0.1, 0.15) is 0 Å². The maximum atomic E-state index is 6.04. The van der Waals surface area contributed by atoms with Gasteiger partial charge in [-0.25, -0.2) is 0 Å². The van der Waals surface area contributed by atoms with Gasteiger partial charge in [0, 0.05) is 10.4 Å². The zero-order valence-electron chi connectivity index (χ0n) is 9.53. The Morgan fingerprint density at radius 3 is 2.82 bits per heavy atom. The fourth-order valence-corrected chi connectivity index (χ4v) is 2.81. The van der Waals surface area contributed by atoms with Crippen LogP contribution in [0.2, 0.25) is 0 Å². The van der Waals surface area contributed by atoms with Crippen LogP contribution in [0.1, 0.15) is 11.8 Å². The number of hydrogen-bond donors (Lipinski definition) is 1. The molecular weight excluding hydrogens is 234 g/mol. The molecule has 0 bridgehead atoms. The Morgan fingerprint density at radius 2 is 2.06 bits per heavy atom. The lowest BCUT2D eigenvalue weighted by molar-refractivity contribution is 0.174. The van der Waals surface area contributed by atoms with Crippen LogP contribution in [0.4, 0.5) is 5.00 Å². The van der Waals surface area contributed by atoms with Gasteiger partial charge >= 0.3 is 0 Å². The molecule has 0 saturated carbocycles. The van der Waals surface area contributed by atoms with E-state index < -0.39 is 0 Å². The van der Waals surface area contributed by atoms with E-state index >= 15 is 0 Å². The third kappa shape index (κ3) is 1.74. The van der Waals surface area contributed by atoms with Gasteiger partial charge in [-0.05, 0) is 30.2 Å². The number of fused-ring (bicyclic) bond motifs is 1. The van der Waals surface area contributed by atoms with Gasteiger partial charge in [0.05, 0.1) is 5.00 Å². The number of ether oxygens (including phenoxy) is 2. The molecule has 0 spiro atoms. The van der Waals surface area contributed by atoms with Crippen LogP contribution >= 0.6 is 11.3 Å². The lowest BCUT2D eigenvalue weighted by Crippen LogP contribution is -1.92. The van der Waals surface area contributed by atoms with Crippen LogP contribution in [-0.4, -0.2) is 6.79 Å². The molecule has 2 heterocycles. The molecule has 1 aliphatic heterocycles. The van der Waals surface area contributed by atoms with Gasteiger partial charge in [-0.15, -0.1) is 11.3 Å². The molecule has 0 unspecified atom stereocenters. The van der Waals surface area contributed by atoms with Crippen LogP contribution in [0, 0.1) is 0 Å². The summed E-state index contributed by atoms with van der Waals surface area (Å²) < 4.78 is 10.7. The van der Waals surface area contributed by atoms with Gasteiger partial charge in [0.2, 0.25) is 6.79 Å². The molecule has 0 saturated heterocycles. The first-order valence-corrected chi connectivity index (χ1v) is 6.38. The Hall–Kier alpha value is -1.68. The summed E-state index contributed by atoms with van der Waals surface area (Å²) in [4.78, 5) is 1.30. The van der Waals surface area contributed by atoms with Crippen molar-refractivity contribution in [3.63, 3.8) is 0 Å². The molecular formula is C13H13NO2S. The Balaban J connectivity index is 2.06. The summed E-state index contributed by atoms with van der Waals surface area (Å²) in [6.07, 6.45) is 1.01. The van der Waals surface area contributed by atoms with E-state index in [0.717, 1.165) is 34.0 Å². The van der Waals surface area contributed by atoms with Crippen LogP contribution in [0.3, 0.4) is 0 Å². The molecule has 0 atom stereocenters. The maximum Gasteiger partial charge on any atom is 0.231 e. The lowest BCUT2D eigenvalue weighted by atomic mass is 10.1. The van der Waals surface area contributed by atoms with Gasteiger partial charge < -0.3 is 15.2 Å². The summed E-state index contributed by atoms with van der Waals surface area (Å²) in [6.45, 7) is 2.44. The number of nitrogens with two attached hydrogens (primary N) is 1. The second-order valence-corrected chi connectivity index (χ2v) is 5.08. The molecule has 2 N–H and O–H groups in total. The zero-order valence-corrected chi connectivity index (χ0v) is 10.3. The van der Waals surface area contributed by atoms with E-state index in [1.54, 1.807) is 11.3 Å². The van der Waals surface area contributed by atoms with Crippen molar-refractivity contribution in [1.82, 2.24) is 0 Å². The third-order valence-corrected chi connectivity index (χ3v) is 3.95. The first kappa shape index (κ1) is 10.5. The highest BCUT2D eigenvalue weighted by Gasteiger charge is 2.15. The summed E-state index contributed by atoms with van der Waals surface area (Å²) in [7, 11) is 0. The highest BCUT2D eigenvalue weighted by molar-refractivity contribution is 7.16. The average molecular weight is 247 g/mol. The second kappa shape index (κ2) is 3.96. The summed E-state index contributed by atoms with van der Waals surface area (Å²) in [6, 6.07) is 8.09. The second-order valence-electron chi connectivity index (χ2n) is 3.91. The van der Waals surface area contributed by atoms with Crippen molar-refractivity contribution in [2.45, 2.75) is 13.3 Å². The molecule has 1 aromatic carbocycles. The SMILES string of the molecule is CCc1cc(-c2ccc3c(c2)OCO3)c(N)s1. The minimum Gasteiger partial charge on any atom is -0.454 e. The Labute approximate surface area is 104 Å². The topological polar surface area (TPSA) is 44.5 Å². The molecule has 1 aromatic heterocycles. The molecule has 0 fully saturated rings. The van der Waals surface area contributed by atoms with Crippen molar-refractivity contribution in [2.75, 3.05) is 12.5 Å². The minimum absolute atomic E-state index is 0.304. The van der Waals surface area contributed by atoms with Crippen molar-refractivity contribution in [2.24, 2.45) is 0 Å². The van der Waals surface area contributed by atoms with E-state index in [4.69, 9.17) is 15.2 Å². The Morgan fingerprint density at radius 1 is 1.24 bits per heavy atom. The van der Waals surface area contributed by atoms with Crippen molar-refractivity contribution in [3.05, 3.63) is 29.1 Å². The third-order valence-electron chi connectivity index (χ3n) is 2.84. The monoisotopic (exact) mass is 247 g/mol. The highest BCUT2D eigenvalue weighted by Crippen LogP contribution is 2.40. The molecule has 0 radical (unpaired) electrons. The van der Waals surface area contributed by atoms with Crippen molar-refractivity contribution in [1.29, 1.82) is 0 Å². The van der Waals surface area contributed by atoms with Crippen molar-refractivity contribution < 1.29 is 9.47 Å². The van der Waals surface area contributed by atoms with Gasteiger partial charge in [-0.2, -0.15) is 0 Å². The van der Waals surface area contributed by atoms with Crippen LogP contribution in [0.25, 0.3) is 11.1 Å². The predicted molar refractivity (Wildman–Crippen MR) is 69.7 cm³/mol. The predicted octanol–water partition coefficient (Wildman–Crippen LogP) is 3.29. The van der Waals surface area contributed by atoms with Gasteiger partial charge in [-0.3, -0.25) is 0 Å². The number of aryl methyl sites for hydroxylation is 1. The summed E-state index contributed by atoms with van der Waals surface area (Å²) in [5.74, 6) is 1.60. The molecule has 88 valence electrons. The Kier molecular flexibility index (Phi) is 2.44. The maximum absolute atomic E-state index is 6.04. The smallest absolute Gasteiger partial charge is 0.231 e. The Bertz CT molecular complexity index is 563. The van der Waals surface area contributed by atoms with E-state index in [0.29, 0.717) is 6.79 Å². The van der Waals surface area contributed by atoms with Gasteiger partial charge in [0.15, 0.2) is 11.5 Å². The normalized spacial score (nSPS) is 13.0. The van der Waals surface area contributed by atoms with Crippen LogP contribution in [-0.2, 0) is 6.42 Å². The highest BCUT2D eigenvalue weighted by atomic mass is 32.1. The first-order chi connectivity index (χ1) is 8.28. The average Bonchev–Trinajstić information content (AvgIpc) is 2.93. The van der Waals surface area contributed by atoms with Crippen LogP contribution in [0.15, 0.2) is 24.3 Å². The van der Waals surface area contributed by atoms with Gasteiger partial charge in [0.25, 0.3) is 0 Å². The zero-order chi connectivity index (χ0) is 11.8. The van der Waals surface area contributed by atoms with Crippen LogP contribution < -0.4 is 15.2 Å². The number of nitrogen functional groups attached to an aromatic ring is 1. The fraction of sp³-hybridized carbons (Fsp3) is 0.231. The van der Waals surface area contributed by atoms with E-state index in [1.807, 2.05) is 18.2 Å². The summed E-state index contributed by atoms with van der Waals surface area (Å²) in [5.41, 5.74) is 8.21. The van der Waals surface area contributed by atoms with Crippen molar-refractivity contribution in [3.8, 4) is 22.6 Å². The molecule has 2 aromatic rings. The van der Waals surface area contributed by atoms with Crippen LogP contribution in [0.5, 0.6) is 11.5 Å². The largest absolute Gasteiger partial charge is 0.454 e. The number of hydrogen-bond acceptors (Lipinski definition) is 4. The number of thiophene rings is 1. The molecule has 3 nitrogen and oxygen atoms in total. The molecule has 3 rings (SSSR count). The molecule has 0 aliphatic carbocycles. The number of anilines is 1. The quantitative estimate of drug-likeness (QED) is 0.885. The van der Waals surface area contributed by atoms with Gasteiger partial charge in [-0.1, -0.05) is 13.0 Å². The number of benzene rings is 1. The lowest BCUT2D eigenvalue weighted by Gasteiger charge is -2.01. The summed E-state index contributed by atoms with van der Waals surface area (Å²) >= 11 is 1.65.